The van der Waals surface area contributed by atoms with E-state index in [2.05, 4.69) is 18.2 Å². The van der Waals surface area contributed by atoms with E-state index in [-0.39, 0.29) is 5.75 Å². The number of rotatable bonds is 6. The van der Waals surface area contributed by atoms with E-state index in [1.807, 2.05) is 50.2 Å². The van der Waals surface area contributed by atoms with E-state index >= 15 is 0 Å². The standard InChI is InChI=1S/C25H26O3/c1-25(2,16-17-8-4-3-5-9-17)23-15-22(26)21(24(27)28-23)14-19-10-6-7-11-20(19)18-12-13-18/h3-11,15,18,26H,12-14,16H2,1-2H3. The van der Waals surface area contributed by atoms with Crippen LogP contribution in [0.25, 0.3) is 0 Å². The van der Waals surface area contributed by atoms with Gasteiger partial charge in [0.15, 0.2) is 0 Å². The Morgan fingerprint density at radius 1 is 1.04 bits per heavy atom. The van der Waals surface area contributed by atoms with Crippen LogP contribution >= 0.6 is 0 Å². The van der Waals surface area contributed by atoms with Gasteiger partial charge in [0.2, 0.25) is 0 Å². The molecule has 0 aliphatic heterocycles. The predicted octanol–water partition coefficient (Wildman–Crippen LogP) is 5.33. The van der Waals surface area contributed by atoms with Gasteiger partial charge in [-0.1, -0.05) is 68.4 Å². The number of hydrogen-bond donors (Lipinski definition) is 1. The number of aromatic hydroxyl groups is 1. The maximum absolute atomic E-state index is 12.7. The van der Waals surface area contributed by atoms with Crippen LogP contribution in [-0.4, -0.2) is 5.11 Å². The summed E-state index contributed by atoms with van der Waals surface area (Å²) in [5, 5.41) is 10.6. The van der Waals surface area contributed by atoms with Crippen LogP contribution in [-0.2, 0) is 18.3 Å². The van der Waals surface area contributed by atoms with Crippen LogP contribution < -0.4 is 5.63 Å². The van der Waals surface area contributed by atoms with E-state index < -0.39 is 11.0 Å². The number of benzene rings is 2. The van der Waals surface area contributed by atoms with E-state index in [1.54, 1.807) is 6.07 Å². The van der Waals surface area contributed by atoms with E-state index in [0.717, 1.165) is 17.5 Å². The molecule has 4 rings (SSSR count). The summed E-state index contributed by atoms with van der Waals surface area (Å²) in [5.74, 6) is 1.13. The predicted molar refractivity (Wildman–Crippen MR) is 111 cm³/mol. The van der Waals surface area contributed by atoms with Gasteiger partial charge in [-0.25, -0.2) is 4.79 Å². The van der Waals surface area contributed by atoms with Crippen molar-refractivity contribution in [2.45, 2.75) is 50.9 Å². The Hall–Kier alpha value is -2.81. The molecule has 1 N–H and O–H groups in total. The molecule has 0 amide bonds. The molecule has 0 saturated heterocycles. The highest BCUT2D eigenvalue weighted by molar-refractivity contribution is 5.41. The van der Waals surface area contributed by atoms with Gasteiger partial charge in [-0.2, -0.15) is 0 Å². The molecule has 1 fully saturated rings. The van der Waals surface area contributed by atoms with E-state index in [1.165, 1.54) is 18.4 Å². The zero-order chi connectivity index (χ0) is 19.7. The molecule has 0 spiro atoms. The maximum Gasteiger partial charge on any atom is 0.343 e. The van der Waals surface area contributed by atoms with Crippen molar-refractivity contribution < 1.29 is 9.52 Å². The summed E-state index contributed by atoms with van der Waals surface area (Å²) in [4.78, 5) is 12.7. The molecule has 0 radical (unpaired) electrons. The first kappa shape index (κ1) is 18.5. The second-order valence-corrected chi connectivity index (χ2v) is 8.46. The van der Waals surface area contributed by atoms with Crippen LogP contribution in [0.5, 0.6) is 5.75 Å². The van der Waals surface area contributed by atoms with Gasteiger partial charge in [0, 0.05) is 17.9 Å². The monoisotopic (exact) mass is 374 g/mol. The zero-order valence-corrected chi connectivity index (χ0v) is 16.4. The smallest absolute Gasteiger partial charge is 0.343 e. The van der Waals surface area contributed by atoms with Crippen molar-refractivity contribution in [1.29, 1.82) is 0 Å². The van der Waals surface area contributed by atoms with Crippen molar-refractivity contribution in [1.82, 2.24) is 0 Å². The van der Waals surface area contributed by atoms with Crippen LogP contribution in [0.3, 0.4) is 0 Å². The van der Waals surface area contributed by atoms with E-state index in [0.29, 0.717) is 23.7 Å². The first-order valence-electron chi connectivity index (χ1n) is 9.92. The Kier molecular flexibility index (Phi) is 4.84. The molecule has 2 aromatic carbocycles. The topological polar surface area (TPSA) is 50.4 Å². The average Bonchev–Trinajstić information content (AvgIpc) is 3.50. The van der Waals surface area contributed by atoms with Gasteiger partial charge in [-0.15, -0.1) is 0 Å². The van der Waals surface area contributed by atoms with Crippen LogP contribution in [0.2, 0.25) is 0 Å². The lowest BCUT2D eigenvalue weighted by Crippen LogP contribution is -2.23. The van der Waals surface area contributed by atoms with E-state index in [9.17, 15) is 9.90 Å². The van der Waals surface area contributed by atoms with Gasteiger partial charge in [0.05, 0.1) is 5.56 Å². The maximum atomic E-state index is 12.7. The van der Waals surface area contributed by atoms with Crippen molar-refractivity contribution in [2.75, 3.05) is 0 Å². The minimum atomic E-state index is -0.443. The zero-order valence-electron chi connectivity index (χ0n) is 16.4. The summed E-state index contributed by atoms with van der Waals surface area (Å²) in [6.07, 6.45) is 3.52. The van der Waals surface area contributed by atoms with Gasteiger partial charge in [-0.3, -0.25) is 0 Å². The minimum Gasteiger partial charge on any atom is -0.507 e. The first-order chi connectivity index (χ1) is 13.4. The van der Waals surface area contributed by atoms with Crippen LogP contribution in [0, 0.1) is 0 Å². The molecule has 144 valence electrons. The molecule has 1 aliphatic rings. The Labute approximate surface area is 165 Å². The summed E-state index contributed by atoms with van der Waals surface area (Å²) in [7, 11) is 0. The molecule has 3 aromatic rings. The normalized spacial score (nSPS) is 14.2. The van der Waals surface area contributed by atoms with Gasteiger partial charge < -0.3 is 9.52 Å². The van der Waals surface area contributed by atoms with Gasteiger partial charge in [0.1, 0.15) is 11.5 Å². The molecule has 28 heavy (non-hydrogen) atoms. The molecular weight excluding hydrogens is 348 g/mol. The highest BCUT2D eigenvalue weighted by atomic mass is 16.4. The van der Waals surface area contributed by atoms with Crippen molar-refractivity contribution in [3.8, 4) is 5.75 Å². The Morgan fingerprint density at radius 2 is 1.71 bits per heavy atom. The Bertz CT molecular complexity index is 1030. The molecule has 0 atom stereocenters. The third-order valence-corrected chi connectivity index (χ3v) is 5.62. The van der Waals surface area contributed by atoms with Gasteiger partial charge in [-0.05, 0) is 41.9 Å². The lowest BCUT2D eigenvalue weighted by Gasteiger charge is -2.24. The molecule has 0 unspecified atom stereocenters. The Balaban J connectivity index is 1.63. The largest absolute Gasteiger partial charge is 0.507 e. The fourth-order valence-electron chi connectivity index (χ4n) is 3.87. The fraction of sp³-hybridized carbons (Fsp3) is 0.320. The summed E-state index contributed by atoms with van der Waals surface area (Å²) in [5.41, 5.74) is 3.05. The summed E-state index contributed by atoms with van der Waals surface area (Å²) < 4.78 is 5.70. The van der Waals surface area contributed by atoms with Crippen LogP contribution in [0.1, 0.15) is 60.6 Å². The molecule has 0 bridgehead atoms. The highest BCUT2D eigenvalue weighted by Crippen LogP contribution is 2.42. The van der Waals surface area contributed by atoms with Crippen LogP contribution in [0.4, 0.5) is 0 Å². The molecule has 3 nitrogen and oxygen atoms in total. The molecule has 1 aromatic heterocycles. The third-order valence-electron chi connectivity index (χ3n) is 5.62. The molecular formula is C25H26O3. The Morgan fingerprint density at radius 3 is 2.39 bits per heavy atom. The fourth-order valence-corrected chi connectivity index (χ4v) is 3.87. The van der Waals surface area contributed by atoms with E-state index in [4.69, 9.17) is 4.42 Å². The second kappa shape index (κ2) is 7.31. The lowest BCUT2D eigenvalue weighted by molar-refractivity contribution is 0.341. The molecule has 3 heteroatoms. The first-order valence-corrected chi connectivity index (χ1v) is 9.92. The number of hydrogen-bond acceptors (Lipinski definition) is 3. The minimum absolute atomic E-state index is 0.0259. The average molecular weight is 374 g/mol. The summed E-state index contributed by atoms with van der Waals surface area (Å²) >= 11 is 0. The van der Waals surface area contributed by atoms with Crippen LogP contribution in [0.15, 0.2) is 69.9 Å². The molecule has 1 saturated carbocycles. The third kappa shape index (κ3) is 3.89. The van der Waals surface area contributed by atoms with Gasteiger partial charge in [0.25, 0.3) is 0 Å². The van der Waals surface area contributed by atoms with Gasteiger partial charge >= 0.3 is 5.63 Å². The highest BCUT2D eigenvalue weighted by Gasteiger charge is 2.28. The summed E-state index contributed by atoms with van der Waals surface area (Å²) in [6.45, 7) is 4.06. The van der Waals surface area contributed by atoms with Crippen molar-refractivity contribution in [2.24, 2.45) is 0 Å². The molecule has 1 heterocycles. The second-order valence-electron chi connectivity index (χ2n) is 8.46. The van der Waals surface area contributed by atoms with Crippen molar-refractivity contribution in [3.05, 3.63) is 99.1 Å². The lowest BCUT2D eigenvalue weighted by atomic mass is 9.83. The molecule has 1 aliphatic carbocycles. The van der Waals surface area contributed by atoms with Crippen molar-refractivity contribution in [3.63, 3.8) is 0 Å². The SMILES string of the molecule is CC(C)(Cc1ccccc1)c1cc(O)c(Cc2ccccc2C2CC2)c(=O)o1. The summed E-state index contributed by atoms with van der Waals surface area (Å²) in [6, 6.07) is 19.9. The van der Waals surface area contributed by atoms with Crippen molar-refractivity contribution >= 4 is 0 Å². The quantitative estimate of drug-likeness (QED) is 0.634.